The molecule has 0 saturated carbocycles. The van der Waals surface area contributed by atoms with Crippen molar-refractivity contribution in [2.24, 2.45) is 0 Å². The number of hydrogen-bond donors (Lipinski definition) is 1. The maximum Gasteiger partial charge on any atom is 0.327 e. The fraction of sp³-hybridized carbons (Fsp3) is 0.667. The normalized spacial score (nSPS) is 28.9. The van der Waals surface area contributed by atoms with Gasteiger partial charge < -0.3 is 5.32 Å². The van der Waals surface area contributed by atoms with E-state index < -0.39 is 0 Å². The molecule has 2 atom stereocenters. The van der Waals surface area contributed by atoms with Gasteiger partial charge in [0.1, 0.15) is 6.33 Å². The molecule has 1 amide bonds. The minimum atomic E-state index is -0.0556. The molecule has 5 nitrogen and oxygen atoms in total. The molecule has 3 heterocycles. The molecule has 2 saturated heterocycles. The van der Waals surface area contributed by atoms with Crippen LogP contribution in [0.5, 0.6) is 0 Å². The van der Waals surface area contributed by atoms with Crippen LogP contribution in [0.4, 0.5) is 4.79 Å². The fourth-order valence-electron chi connectivity index (χ4n) is 3.03. The predicted molar refractivity (Wildman–Crippen MR) is 63.8 cm³/mol. The van der Waals surface area contributed by atoms with Crippen molar-refractivity contribution < 1.29 is 4.79 Å². The summed E-state index contributed by atoms with van der Waals surface area (Å²) in [4.78, 5) is 18.3. The molecular weight excluding hydrogens is 216 g/mol. The second-order valence-electron chi connectivity index (χ2n) is 4.91. The van der Waals surface area contributed by atoms with Crippen LogP contribution in [0.1, 0.15) is 25.7 Å². The summed E-state index contributed by atoms with van der Waals surface area (Å²) < 4.78 is 1.51. The van der Waals surface area contributed by atoms with Gasteiger partial charge in [0.15, 0.2) is 0 Å². The first-order chi connectivity index (χ1) is 8.34. The van der Waals surface area contributed by atoms with Gasteiger partial charge in [-0.05, 0) is 25.8 Å². The van der Waals surface area contributed by atoms with Crippen LogP contribution < -0.4 is 5.32 Å². The molecule has 0 bridgehead atoms. The first kappa shape index (κ1) is 10.8. The van der Waals surface area contributed by atoms with Crippen molar-refractivity contribution in [2.45, 2.75) is 37.8 Å². The third kappa shape index (κ3) is 2.07. The van der Waals surface area contributed by atoms with Crippen LogP contribution in [-0.4, -0.2) is 45.7 Å². The third-order valence-corrected chi connectivity index (χ3v) is 3.90. The highest BCUT2D eigenvalue weighted by atomic mass is 16.2. The molecule has 92 valence electrons. The summed E-state index contributed by atoms with van der Waals surface area (Å²) >= 11 is 0. The molecule has 2 aliphatic rings. The standard InChI is InChI=1S/C12H18N4O/c17-12(16-8-5-13-9-16)14-10-4-7-15-6-2-1-3-11(10)15/h5,8-11H,1-4,6-7H2,(H,14,17). The average molecular weight is 234 g/mol. The van der Waals surface area contributed by atoms with E-state index in [0.717, 1.165) is 13.0 Å². The van der Waals surface area contributed by atoms with Crippen molar-refractivity contribution in [1.82, 2.24) is 19.8 Å². The summed E-state index contributed by atoms with van der Waals surface area (Å²) in [5.41, 5.74) is 0. The van der Waals surface area contributed by atoms with Crippen molar-refractivity contribution in [3.05, 3.63) is 18.7 Å². The Morgan fingerprint density at radius 2 is 2.24 bits per heavy atom. The highest BCUT2D eigenvalue weighted by Crippen LogP contribution is 2.27. The number of amides is 1. The number of imidazole rings is 1. The number of nitrogens with one attached hydrogen (secondary N) is 1. The van der Waals surface area contributed by atoms with E-state index in [1.807, 2.05) is 0 Å². The molecule has 0 radical (unpaired) electrons. The largest absolute Gasteiger partial charge is 0.333 e. The molecule has 0 aliphatic carbocycles. The second kappa shape index (κ2) is 4.49. The summed E-state index contributed by atoms with van der Waals surface area (Å²) in [6.45, 7) is 2.32. The molecule has 2 fully saturated rings. The van der Waals surface area contributed by atoms with Crippen LogP contribution >= 0.6 is 0 Å². The number of hydrogen-bond acceptors (Lipinski definition) is 3. The number of nitrogens with zero attached hydrogens (tertiary/aromatic N) is 3. The van der Waals surface area contributed by atoms with Crippen LogP contribution in [0.2, 0.25) is 0 Å². The molecule has 1 aromatic heterocycles. The maximum absolute atomic E-state index is 11.9. The Morgan fingerprint density at radius 1 is 1.29 bits per heavy atom. The fourth-order valence-corrected chi connectivity index (χ4v) is 3.03. The van der Waals surface area contributed by atoms with Crippen LogP contribution in [0, 0.1) is 0 Å². The predicted octanol–water partition coefficient (Wildman–Crippen LogP) is 1.07. The Kier molecular flexibility index (Phi) is 2.84. The summed E-state index contributed by atoms with van der Waals surface area (Å²) in [6, 6.07) is 0.807. The molecule has 2 aliphatic heterocycles. The third-order valence-electron chi connectivity index (χ3n) is 3.90. The molecule has 17 heavy (non-hydrogen) atoms. The van der Waals surface area contributed by atoms with E-state index in [9.17, 15) is 4.79 Å². The lowest BCUT2D eigenvalue weighted by Crippen LogP contribution is -2.47. The number of fused-ring (bicyclic) bond motifs is 1. The lowest BCUT2D eigenvalue weighted by molar-refractivity contribution is 0.179. The van der Waals surface area contributed by atoms with E-state index in [-0.39, 0.29) is 6.03 Å². The molecule has 1 N–H and O–H groups in total. The molecule has 5 heteroatoms. The Balaban J connectivity index is 1.64. The molecule has 2 unspecified atom stereocenters. The number of aromatic nitrogens is 2. The van der Waals surface area contributed by atoms with E-state index in [1.54, 1.807) is 18.7 Å². The minimum absolute atomic E-state index is 0.0556. The SMILES string of the molecule is O=C(NC1CCN2CCCCC12)n1ccnc1. The molecule has 3 rings (SSSR count). The average Bonchev–Trinajstić information content (AvgIpc) is 2.98. The summed E-state index contributed by atoms with van der Waals surface area (Å²) in [7, 11) is 0. The zero-order chi connectivity index (χ0) is 11.7. The highest BCUT2D eigenvalue weighted by molar-refractivity contribution is 5.76. The molecule has 0 spiro atoms. The Morgan fingerprint density at radius 3 is 3.06 bits per heavy atom. The van der Waals surface area contributed by atoms with Crippen LogP contribution in [-0.2, 0) is 0 Å². The quantitative estimate of drug-likeness (QED) is 0.790. The van der Waals surface area contributed by atoms with Crippen molar-refractivity contribution >= 4 is 6.03 Å². The first-order valence-electron chi connectivity index (χ1n) is 6.37. The zero-order valence-electron chi connectivity index (χ0n) is 9.88. The highest BCUT2D eigenvalue weighted by Gasteiger charge is 2.36. The Bertz CT molecular complexity index is 389. The van der Waals surface area contributed by atoms with Gasteiger partial charge in [0, 0.05) is 31.0 Å². The lowest BCUT2D eigenvalue weighted by atomic mass is 9.99. The minimum Gasteiger partial charge on any atom is -0.333 e. The monoisotopic (exact) mass is 234 g/mol. The van der Waals surface area contributed by atoms with Gasteiger partial charge in [0.2, 0.25) is 0 Å². The number of rotatable bonds is 1. The van der Waals surface area contributed by atoms with Gasteiger partial charge >= 0.3 is 6.03 Å². The Labute approximate surface area is 101 Å². The van der Waals surface area contributed by atoms with Crippen LogP contribution in [0.25, 0.3) is 0 Å². The van der Waals surface area contributed by atoms with Gasteiger partial charge in [-0.1, -0.05) is 6.42 Å². The van der Waals surface area contributed by atoms with Crippen molar-refractivity contribution in [3.63, 3.8) is 0 Å². The van der Waals surface area contributed by atoms with Gasteiger partial charge in [-0.25, -0.2) is 9.78 Å². The first-order valence-corrected chi connectivity index (χ1v) is 6.37. The van der Waals surface area contributed by atoms with E-state index in [1.165, 1.54) is 30.4 Å². The summed E-state index contributed by atoms with van der Waals surface area (Å²) in [5, 5.41) is 3.12. The molecule has 1 aromatic rings. The van der Waals surface area contributed by atoms with E-state index in [0.29, 0.717) is 12.1 Å². The van der Waals surface area contributed by atoms with E-state index in [4.69, 9.17) is 0 Å². The van der Waals surface area contributed by atoms with E-state index in [2.05, 4.69) is 15.2 Å². The summed E-state index contributed by atoms with van der Waals surface area (Å²) in [5.74, 6) is 0. The van der Waals surface area contributed by atoms with Crippen molar-refractivity contribution in [2.75, 3.05) is 13.1 Å². The summed E-state index contributed by atoms with van der Waals surface area (Å²) in [6.07, 6.45) is 9.74. The van der Waals surface area contributed by atoms with Crippen molar-refractivity contribution in [1.29, 1.82) is 0 Å². The smallest absolute Gasteiger partial charge is 0.327 e. The Hall–Kier alpha value is -1.36. The number of carbonyl (C=O) groups excluding carboxylic acids is 1. The zero-order valence-corrected chi connectivity index (χ0v) is 9.88. The van der Waals surface area contributed by atoms with Gasteiger partial charge in [-0.3, -0.25) is 9.47 Å². The van der Waals surface area contributed by atoms with Gasteiger partial charge in [-0.2, -0.15) is 0 Å². The molecule has 0 aromatic carbocycles. The topological polar surface area (TPSA) is 50.2 Å². The number of carbonyl (C=O) groups is 1. The number of piperidine rings is 1. The van der Waals surface area contributed by atoms with Gasteiger partial charge in [-0.15, -0.1) is 0 Å². The van der Waals surface area contributed by atoms with Crippen LogP contribution in [0.3, 0.4) is 0 Å². The van der Waals surface area contributed by atoms with Gasteiger partial charge in [0.25, 0.3) is 0 Å². The van der Waals surface area contributed by atoms with Crippen molar-refractivity contribution in [3.8, 4) is 0 Å². The van der Waals surface area contributed by atoms with Gasteiger partial charge in [0.05, 0.1) is 0 Å². The maximum atomic E-state index is 11.9. The molecular formula is C12H18N4O. The second-order valence-corrected chi connectivity index (χ2v) is 4.91. The van der Waals surface area contributed by atoms with Crippen LogP contribution in [0.15, 0.2) is 18.7 Å². The lowest BCUT2D eigenvalue weighted by Gasteiger charge is -2.32. The van der Waals surface area contributed by atoms with E-state index >= 15 is 0 Å².